The summed E-state index contributed by atoms with van der Waals surface area (Å²) >= 11 is 8.88. The summed E-state index contributed by atoms with van der Waals surface area (Å²) in [4.78, 5) is 25.4. The largest absolute Gasteiger partial charge is 0.461 e. The third kappa shape index (κ3) is 33.4. The molecule has 0 aromatic heterocycles. The Morgan fingerprint density at radius 3 is 2.00 bits per heavy atom. The number of carbonyl (C=O) groups is 2. The van der Waals surface area contributed by atoms with E-state index < -0.39 is 0 Å². The Labute approximate surface area is 185 Å². The molecule has 0 heterocycles. The normalized spacial score (nSPS) is 11.7. The van der Waals surface area contributed by atoms with Gasteiger partial charge in [-0.1, -0.05) is 43.6 Å². The van der Waals surface area contributed by atoms with Crippen LogP contribution in [0.3, 0.4) is 0 Å². The van der Waals surface area contributed by atoms with Gasteiger partial charge in [0.1, 0.15) is 28.9 Å². The predicted octanol–water partition coefficient (Wildman–Crippen LogP) is 4.23. The van der Waals surface area contributed by atoms with Gasteiger partial charge in [-0.05, 0) is 50.5 Å². The molecule has 0 radical (unpaired) electrons. The van der Waals surface area contributed by atoms with Crippen LogP contribution in [0.4, 0.5) is 0 Å². The molecule has 0 aliphatic carbocycles. The second-order valence-corrected chi connectivity index (χ2v) is 8.49. The van der Waals surface area contributed by atoms with Crippen LogP contribution in [0.2, 0.25) is 0 Å². The molecule has 0 aromatic carbocycles. The van der Waals surface area contributed by atoms with Gasteiger partial charge in [-0.15, -0.1) is 4.54 Å². The maximum Gasteiger partial charge on any atom is 0.328 e. The first-order valence-electron chi connectivity index (χ1n) is 7.82. The Kier molecular flexibility index (Phi) is 24.9. The number of allylic oxidation sites excluding steroid dienone is 1. The maximum atomic E-state index is 10.9. The zero-order valence-electron chi connectivity index (χ0n) is 16.2. The van der Waals surface area contributed by atoms with Crippen molar-refractivity contribution >= 4 is 64.2 Å². The molecule has 8 nitrogen and oxygen atoms in total. The number of nitroso groups, excluding NO2 is 1. The lowest BCUT2D eigenvalue weighted by atomic mass is 10.5. The molecule has 0 saturated heterocycles. The second-order valence-electron chi connectivity index (χ2n) is 4.96. The molecule has 0 spiro atoms. The van der Waals surface area contributed by atoms with Crippen LogP contribution in [0.1, 0.15) is 34.6 Å². The number of alkyl halides is 2. The number of aliphatic hydroxyl groups is 1. The standard InChI is InChI=1S/C8H14BrNO3.C5H10NO2.C3H4Br2O/c1-6(2)10-13-5-4-12-8(11)7(3)9;1-5(2)6-8-4-3-7;1-2(4)3(5)6/h7H,4-5H2,1-3H3;7H,1,3-4H2,2H3;2H,1H3/q;+1;. The van der Waals surface area contributed by atoms with Crippen LogP contribution < -0.4 is 0 Å². The third-order valence-corrected chi connectivity index (χ3v) is 3.80. The number of halogens is 3. The van der Waals surface area contributed by atoms with Crippen LogP contribution in [0, 0.1) is 4.54 Å². The lowest BCUT2D eigenvalue weighted by molar-refractivity contribution is -0.144. The molecular weight excluding hydrogens is 556 g/mol. The molecule has 27 heavy (non-hydrogen) atoms. The molecule has 11 heteroatoms. The van der Waals surface area contributed by atoms with Gasteiger partial charge in [0.25, 0.3) is 0 Å². The van der Waals surface area contributed by atoms with Gasteiger partial charge in [-0.2, -0.15) is 0 Å². The van der Waals surface area contributed by atoms with Crippen molar-refractivity contribution in [2.45, 2.75) is 44.3 Å². The van der Waals surface area contributed by atoms with E-state index in [1.54, 1.807) is 20.8 Å². The number of ether oxygens (including phenoxy) is 1. The summed E-state index contributed by atoms with van der Waals surface area (Å²) < 4.78 is 9.31. The Morgan fingerprint density at radius 2 is 1.67 bits per heavy atom. The molecule has 2 atom stereocenters. The van der Waals surface area contributed by atoms with Crippen LogP contribution in [0.25, 0.3) is 0 Å². The fraction of sp³-hybridized carbons (Fsp3) is 0.688. The fourth-order valence-corrected chi connectivity index (χ4v) is 0.798. The van der Waals surface area contributed by atoms with E-state index in [2.05, 4.69) is 69.2 Å². The minimum absolute atomic E-state index is 0.00319. The molecule has 0 amide bonds. The quantitative estimate of drug-likeness (QED) is 0.0831. The number of oxime groups is 1. The monoisotopic (exact) mass is 581 g/mol. The van der Waals surface area contributed by atoms with Gasteiger partial charge in [0.05, 0.1) is 10.5 Å². The number of aliphatic hydroxyl groups excluding tert-OH is 1. The number of hydrogen-bond acceptors (Lipinski definition) is 7. The number of carbonyl (C=O) groups excluding carboxylic acids is 2. The summed E-state index contributed by atoms with van der Waals surface area (Å²) in [7, 11) is 0. The zero-order valence-corrected chi connectivity index (χ0v) is 21.0. The summed E-state index contributed by atoms with van der Waals surface area (Å²) in [5.41, 5.74) is 1.44. The predicted molar refractivity (Wildman–Crippen MR) is 119 cm³/mol. The van der Waals surface area contributed by atoms with Crippen molar-refractivity contribution < 1.29 is 24.3 Å². The highest BCUT2D eigenvalue weighted by Crippen LogP contribution is 2.02. The number of hydrogen-bond donors (Lipinski definition) is 1. The summed E-state index contributed by atoms with van der Waals surface area (Å²) in [6.07, 6.45) is 0. The molecule has 1 N–H and O–H groups in total. The minimum atomic E-state index is -0.291. The van der Waals surface area contributed by atoms with E-state index in [4.69, 9.17) is 14.7 Å². The highest BCUT2D eigenvalue weighted by Gasteiger charge is 2.08. The van der Waals surface area contributed by atoms with Crippen molar-refractivity contribution in [3.8, 4) is 0 Å². The minimum Gasteiger partial charge on any atom is -0.461 e. The van der Waals surface area contributed by atoms with Crippen LogP contribution >= 0.6 is 47.8 Å². The number of esters is 1. The third-order valence-electron chi connectivity index (χ3n) is 1.71. The maximum absolute atomic E-state index is 10.9. The topological polar surface area (TPSA) is 109 Å². The van der Waals surface area contributed by atoms with Crippen LogP contribution in [0.5, 0.6) is 0 Å². The lowest BCUT2D eigenvalue weighted by Crippen LogP contribution is -2.16. The first-order valence-corrected chi connectivity index (χ1v) is 10.4. The molecule has 0 bridgehead atoms. The van der Waals surface area contributed by atoms with Crippen LogP contribution in [-0.4, -0.2) is 57.6 Å². The van der Waals surface area contributed by atoms with E-state index in [0.717, 1.165) is 5.71 Å². The Hall–Kier alpha value is -0.650. The second kappa shape index (κ2) is 21.6. The molecule has 0 saturated carbocycles. The van der Waals surface area contributed by atoms with Crippen LogP contribution in [-0.2, 0) is 19.2 Å². The highest BCUT2D eigenvalue weighted by atomic mass is 79.9. The molecule has 0 aliphatic heterocycles. The van der Waals surface area contributed by atoms with E-state index in [0.29, 0.717) is 5.70 Å². The number of nitrogens with zero attached hydrogens (tertiary/aromatic N) is 2. The first kappa shape index (κ1) is 31.1. The van der Waals surface area contributed by atoms with Crippen LogP contribution in [0.15, 0.2) is 22.6 Å². The Bertz CT molecular complexity index is 479. The summed E-state index contributed by atoms with van der Waals surface area (Å²) in [5.74, 6) is -0.291. The van der Waals surface area contributed by atoms with Gasteiger partial charge < -0.3 is 14.7 Å². The summed E-state index contributed by atoms with van der Waals surface area (Å²) in [6, 6.07) is 0. The van der Waals surface area contributed by atoms with Crippen molar-refractivity contribution in [1.29, 1.82) is 0 Å². The molecular formula is C16H28Br3N2O6+. The van der Waals surface area contributed by atoms with Gasteiger partial charge in [-0.3, -0.25) is 9.59 Å². The average Bonchev–Trinajstić information content (AvgIpc) is 2.55. The van der Waals surface area contributed by atoms with Gasteiger partial charge in [0.15, 0.2) is 6.61 Å². The van der Waals surface area contributed by atoms with Crippen molar-refractivity contribution in [3.05, 3.63) is 16.8 Å². The fourth-order valence-electron chi connectivity index (χ4n) is 0.666. The molecule has 2 unspecified atom stereocenters. The SMILES string of the molecule is C=C(C)N=[O+]CCO.CC(Br)C(=O)Br.CC(C)=NOCCOC(=O)C(C)Br. The van der Waals surface area contributed by atoms with Crippen molar-refractivity contribution in [1.82, 2.24) is 0 Å². The van der Waals surface area contributed by atoms with Crippen molar-refractivity contribution in [2.24, 2.45) is 10.3 Å². The van der Waals surface area contributed by atoms with Gasteiger partial charge in [-0.25, -0.2) is 0 Å². The smallest absolute Gasteiger partial charge is 0.328 e. The molecule has 0 rings (SSSR count). The Morgan fingerprint density at radius 1 is 1.15 bits per heavy atom. The van der Waals surface area contributed by atoms with Crippen molar-refractivity contribution in [3.63, 3.8) is 0 Å². The van der Waals surface area contributed by atoms with E-state index in [1.807, 2.05) is 13.8 Å². The van der Waals surface area contributed by atoms with E-state index in [1.165, 1.54) is 0 Å². The Balaban J connectivity index is -0.000000351. The highest BCUT2D eigenvalue weighted by molar-refractivity contribution is 9.20. The lowest BCUT2D eigenvalue weighted by Gasteiger charge is -2.04. The molecule has 0 aliphatic rings. The van der Waals surface area contributed by atoms with Gasteiger partial charge >= 0.3 is 12.6 Å². The summed E-state index contributed by atoms with van der Waals surface area (Å²) in [6.45, 7) is 13.0. The first-order chi connectivity index (χ1) is 12.4. The molecule has 158 valence electrons. The van der Waals surface area contributed by atoms with Gasteiger partial charge in [0, 0.05) is 0 Å². The summed E-state index contributed by atoms with van der Waals surface area (Å²) in [5, 5.41) is 15.3. The van der Waals surface area contributed by atoms with Gasteiger partial charge in [0.2, 0.25) is 4.69 Å². The van der Waals surface area contributed by atoms with E-state index in [-0.39, 0.29) is 46.7 Å². The number of rotatable bonds is 9. The molecule has 0 fully saturated rings. The van der Waals surface area contributed by atoms with Crippen molar-refractivity contribution in [2.75, 3.05) is 26.4 Å². The molecule has 0 aromatic rings. The average molecular weight is 584 g/mol. The van der Waals surface area contributed by atoms with E-state index >= 15 is 0 Å². The van der Waals surface area contributed by atoms with E-state index in [9.17, 15) is 9.59 Å². The zero-order chi connectivity index (χ0) is 21.8.